The summed E-state index contributed by atoms with van der Waals surface area (Å²) in [5.74, 6) is 0. The summed E-state index contributed by atoms with van der Waals surface area (Å²) < 4.78 is 26.4. The molecule has 1 N–H and O–H groups in total. The molecular formula is C12H18ClN2O2S+. The number of hydrogen-bond donors (Lipinski definition) is 1. The molecular weight excluding hydrogens is 272 g/mol. The van der Waals surface area contributed by atoms with Crippen LogP contribution in [0.5, 0.6) is 0 Å². The van der Waals surface area contributed by atoms with E-state index in [2.05, 4.69) is 7.05 Å². The van der Waals surface area contributed by atoms with Gasteiger partial charge in [0.05, 0.1) is 38.1 Å². The highest BCUT2D eigenvalue weighted by atomic mass is 35.5. The standard InChI is InChI=1S/C12H17ClN2O2S/c1-10-9-11(3-4-12(10)13)18(16,17)15-7-5-14(2)6-8-15/h3-4,9H,5-8H2,1-2H3/p+1. The second kappa shape index (κ2) is 5.17. The zero-order valence-corrected chi connectivity index (χ0v) is 12.2. The zero-order valence-electron chi connectivity index (χ0n) is 10.6. The Kier molecular flexibility index (Phi) is 3.96. The first-order valence-corrected chi connectivity index (χ1v) is 7.80. The minimum Gasteiger partial charge on any atom is -0.335 e. The molecule has 0 spiro atoms. The van der Waals surface area contributed by atoms with E-state index < -0.39 is 10.0 Å². The molecule has 4 nitrogen and oxygen atoms in total. The number of halogens is 1. The molecule has 1 saturated heterocycles. The van der Waals surface area contributed by atoms with E-state index in [-0.39, 0.29) is 0 Å². The highest BCUT2D eigenvalue weighted by molar-refractivity contribution is 7.89. The summed E-state index contributed by atoms with van der Waals surface area (Å²) in [6.07, 6.45) is 0. The van der Waals surface area contributed by atoms with Gasteiger partial charge >= 0.3 is 0 Å². The number of quaternary nitrogens is 1. The van der Waals surface area contributed by atoms with E-state index in [1.807, 2.05) is 6.92 Å². The van der Waals surface area contributed by atoms with Gasteiger partial charge in [-0.05, 0) is 30.7 Å². The zero-order chi connectivity index (χ0) is 13.3. The second-order valence-electron chi connectivity index (χ2n) is 4.77. The maximum Gasteiger partial charge on any atom is 0.243 e. The highest BCUT2D eigenvalue weighted by Crippen LogP contribution is 2.22. The van der Waals surface area contributed by atoms with E-state index in [0.717, 1.165) is 18.7 Å². The lowest BCUT2D eigenvalue weighted by molar-refractivity contribution is -0.883. The van der Waals surface area contributed by atoms with Gasteiger partial charge in [0.1, 0.15) is 0 Å². The third-order valence-corrected chi connectivity index (χ3v) is 5.66. The summed E-state index contributed by atoms with van der Waals surface area (Å²) in [5.41, 5.74) is 0.789. The van der Waals surface area contributed by atoms with Gasteiger partial charge < -0.3 is 4.90 Å². The van der Waals surface area contributed by atoms with E-state index >= 15 is 0 Å². The van der Waals surface area contributed by atoms with Gasteiger partial charge in [-0.15, -0.1) is 0 Å². The molecule has 1 aliphatic rings. The summed E-state index contributed by atoms with van der Waals surface area (Å²) in [4.78, 5) is 1.71. The molecule has 0 aliphatic carbocycles. The maximum absolute atomic E-state index is 12.4. The van der Waals surface area contributed by atoms with Crippen LogP contribution in [-0.2, 0) is 10.0 Å². The van der Waals surface area contributed by atoms with Crippen molar-refractivity contribution in [2.24, 2.45) is 0 Å². The van der Waals surface area contributed by atoms with Gasteiger partial charge in [-0.2, -0.15) is 4.31 Å². The Morgan fingerprint density at radius 1 is 1.28 bits per heavy atom. The molecule has 100 valence electrons. The molecule has 18 heavy (non-hydrogen) atoms. The molecule has 0 atom stereocenters. The SMILES string of the molecule is Cc1cc(S(=O)(=O)N2CC[NH+](C)CC2)ccc1Cl. The third-order valence-electron chi connectivity index (χ3n) is 3.34. The number of nitrogens with zero attached hydrogens (tertiary/aromatic N) is 1. The monoisotopic (exact) mass is 289 g/mol. The van der Waals surface area contributed by atoms with Crippen molar-refractivity contribution >= 4 is 21.6 Å². The topological polar surface area (TPSA) is 41.8 Å². The van der Waals surface area contributed by atoms with Gasteiger partial charge in [0, 0.05) is 5.02 Å². The normalized spacial score (nSPS) is 19.1. The van der Waals surface area contributed by atoms with E-state index in [0.29, 0.717) is 23.0 Å². The van der Waals surface area contributed by atoms with Crippen LogP contribution < -0.4 is 4.90 Å². The molecule has 0 bridgehead atoms. The van der Waals surface area contributed by atoms with Crippen molar-refractivity contribution in [3.05, 3.63) is 28.8 Å². The average molecular weight is 290 g/mol. The lowest BCUT2D eigenvalue weighted by Gasteiger charge is -2.29. The molecule has 1 aromatic carbocycles. The van der Waals surface area contributed by atoms with Gasteiger partial charge in [0.2, 0.25) is 10.0 Å². The largest absolute Gasteiger partial charge is 0.335 e. The molecule has 1 aliphatic heterocycles. The molecule has 6 heteroatoms. The minimum absolute atomic E-state index is 0.337. The van der Waals surface area contributed by atoms with Crippen LogP contribution in [0.15, 0.2) is 23.1 Å². The number of hydrogen-bond acceptors (Lipinski definition) is 2. The predicted molar refractivity (Wildman–Crippen MR) is 71.6 cm³/mol. The molecule has 0 radical (unpaired) electrons. The number of aryl methyl sites for hydroxylation is 1. The summed E-state index contributed by atoms with van der Waals surface area (Å²) in [7, 11) is -1.28. The molecule has 1 fully saturated rings. The fraction of sp³-hybridized carbons (Fsp3) is 0.500. The summed E-state index contributed by atoms with van der Waals surface area (Å²) in [6, 6.07) is 4.86. The van der Waals surface area contributed by atoms with Crippen LogP contribution in [0.25, 0.3) is 0 Å². The van der Waals surface area contributed by atoms with Crippen molar-refractivity contribution in [2.45, 2.75) is 11.8 Å². The Balaban J connectivity index is 2.27. The number of sulfonamides is 1. The van der Waals surface area contributed by atoms with Crippen molar-refractivity contribution in [1.82, 2.24) is 4.31 Å². The number of likely N-dealkylation sites (N-methyl/N-ethyl adjacent to an activating group) is 1. The van der Waals surface area contributed by atoms with Gasteiger partial charge in [-0.25, -0.2) is 8.42 Å². The van der Waals surface area contributed by atoms with Gasteiger partial charge in [0.15, 0.2) is 0 Å². The summed E-state index contributed by atoms with van der Waals surface area (Å²) in [5, 5.41) is 0.594. The smallest absolute Gasteiger partial charge is 0.243 e. The van der Waals surface area contributed by atoms with Crippen molar-refractivity contribution < 1.29 is 13.3 Å². The van der Waals surface area contributed by atoms with Crippen LogP contribution in [0, 0.1) is 6.92 Å². The van der Waals surface area contributed by atoms with Crippen LogP contribution >= 0.6 is 11.6 Å². The van der Waals surface area contributed by atoms with Crippen molar-refractivity contribution in [2.75, 3.05) is 33.2 Å². The van der Waals surface area contributed by atoms with Crippen LogP contribution in [-0.4, -0.2) is 45.9 Å². The van der Waals surface area contributed by atoms with Gasteiger partial charge in [-0.3, -0.25) is 0 Å². The summed E-state index contributed by atoms with van der Waals surface area (Å²) in [6.45, 7) is 4.68. The van der Waals surface area contributed by atoms with Crippen LogP contribution in [0.3, 0.4) is 0 Å². The Morgan fingerprint density at radius 2 is 1.89 bits per heavy atom. The average Bonchev–Trinajstić information content (AvgIpc) is 2.33. The first-order chi connectivity index (χ1) is 8.41. The van der Waals surface area contributed by atoms with E-state index in [4.69, 9.17) is 11.6 Å². The molecule has 1 heterocycles. The van der Waals surface area contributed by atoms with Crippen molar-refractivity contribution in [1.29, 1.82) is 0 Å². The second-order valence-corrected chi connectivity index (χ2v) is 7.12. The highest BCUT2D eigenvalue weighted by Gasteiger charge is 2.29. The third kappa shape index (κ3) is 2.69. The maximum atomic E-state index is 12.4. The minimum atomic E-state index is -3.36. The van der Waals surface area contributed by atoms with Gasteiger partial charge in [-0.1, -0.05) is 11.6 Å². The van der Waals surface area contributed by atoms with Crippen LogP contribution in [0.4, 0.5) is 0 Å². The van der Waals surface area contributed by atoms with Gasteiger partial charge in [0.25, 0.3) is 0 Å². The Bertz CT molecular complexity index is 537. The quantitative estimate of drug-likeness (QED) is 0.843. The van der Waals surface area contributed by atoms with Crippen molar-refractivity contribution in [3.8, 4) is 0 Å². The van der Waals surface area contributed by atoms with Crippen LogP contribution in [0.1, 0.15) is 5.56 Å². The molecule has 0 amide bonds. The number of benzene rings is 1. The first-order valence-electron chi connectivity index (χ1n) is 5.99. The molecule has 2 rings (SSSR count). The molecule has 0 unspecified atom stereocenters. The lowest BCUT2D eigenvalue weighted by atomic mass is 10.2. The molecule has 1 aromatic rings. The predicted octanol–water partition coefficient (Wildman–Crippen LogP) is 0.167. The van der Waals surface area contributed by atoms with E-state index in [1.165, 1.54) is 4.90 Å². The Labute approximate surface area is 113 Å². The number of rotatable bonds is 2. The Hall–Kier alpha value is -0.620. The van der Waals surface area contributed by atoms with Crippen molar-refractivity contribution in [3.63, 3.8) is 0 Å². The fourth-order valence-electron chi connectivity index (χ4n) is 2.03. The lowest BCUT2D eigenvalue weighted by Crippen LogP contribution is -3.12. The number of piperazine rings is 1. The fourth-order valence-corrected chi connectivity index (χ4v) is 3.68. The van der Waals surface area contributed by atoms with E-state index in [1.54, 1.807) is 22.5 Å². The summed E-state index contributed by atoms with van der Waals surface area (Å²) >= 11 is 5.92. The van der Waals surface area contributed by atoms with E-state index in [9.17, 15) is 8.42 Å². The first kappa shape index (κ1) is 13.8. The van der Waals surface area contributed by atoms with Crippen LogP contribution in [0.2, 0.25) is 5.02 Å². The Morgan fingerprint density at radius 3 is 2.44 bits per heavy atom. The number of nitrogens with one attached hydrogen (secondary N) is 1. The molecule has 0 saturated carbocycles. The molecule has 0 aromatic heterocycles.